The van der Waals surface area contributed by atoms with E-state index in [0.29, 0.717) is 12.2 Å². The number of ether oxygens (including phenoxy) is 1. The van der Waals surface area contributed by atoms with E-state index in [1.165, 1.54) is 16.7 Å². The summed E-state index contributed by atoms with van der Waals surface area (Å²) < 4.78 is 7.33. The van der Waals surface area contributed by atoms with E-state index in [0.717, 1.165) is 29.8 Å². The third kappa shape index (κ3) is 3.92. The standard InChI is InChI=1S/C25H24N2O2/c1-3-24-26-22-16-21(25(28)29-4-2)14-15-23(22)27(24)17-18-10-12-20(13-11-18)19-8-6-5-7-9-19/h5-16H,3-4,17H2,1-2H3. The molecular formula is C25H24N2O2. The number of hydrogen-bond donors (Lipinski definition) is 0. The Balaban J connectivity index is 1.64. The van der Waals surface area contributed by atoms with Gasteiger partial charge in [0.2, 0.25) is 0 Å². The highest BCUT2D eigenvalue weighted by molar-refractivity contribution is 5.93. The van der Waals surface area contributed by atoms with E-state index in [9.17, 15) is 4.79 Å². The number of carbonyl (C=O) groups is 1. The molecule has 0 atom stereocenters. The van der Waals surface area contributed by atoms with Gasteiger partial charge in [0.1, 0.15) is 5.82 Å². The van der Waals surface area contributed by atoms with Gasteiger partial charge in [-0.1, -0.05) is 61.5 Å². The van der Waals surface area contributed by atoms with Crippen LogP contribution in [0.25, 0.3) is 22.2 Å². The number of aryl methyl sites for hydroxylation is 1. The Bertz CT molecular complexity index is 1130. The van der Waals surface area contributed by atoms with Gasteiger partial charge in [-0.3, -0.25) is 0 Å². The first-order chi connectivity index (χ1) is 14.2. The second kappa shape index (κ2) is 8.31. The molecule has 146 valence electrons. The van der Waals surface area contributed by atoms with E-state index in [2.05, 4.69) is 60.0 Å². The van der Waals surface area contributed by atoms with Crippen molar-refractivity contribution in [2.75, 3.05) is 6.61 Å². The van der Waals surface area contributed by atoms with E-state index in [-0.39, 0.29) is 5.97 Å². The predicted octanol–water partition coefficient (Wildman–Crippen LogP) is 5.49. The SMILES string of the molecule is CCOC(=O)c1ccc2c(c1)nc(CC)n2Cc1ccc(-c2ccccc2)cc1. The van der Waals surface area contributed by atoms with Crippen LogP contribution in [0.5, 0.6) is 0 Å². The minimum absolute atomic E-state index is 0.307. The molecule has 0 spiro atoms. The second-order valence-corrected chi connectivity index (χ2v) is 6.95. The monoisotopic (exact) mass is 384 g/mol. The van der Waals surface area contributed by atoms with Gasteiger partial charge in [0.25, 0.3) is 0 Å². The lowest BCUT2D eigenvalue weighted by Crippen LogP contribution is -2.05. The number of rotatable bonds is 6. The number of carbonyl (C=O) groups excluding carboxylic acids is 1. The summed E-state index contributed by atoms with van der Waals surface area (Å²) in [6.45, 7) is 5.02. The largest absolute Gasteiger partial charge is 0.462 e. The van der Waals surface area contributed by atoms with Crippen LogP contribution in [0.1, 0.15) is 35.6 Å². The minimum atomic E-state index is -0.307. The Kier molecular flexibility index (Phi) is 5.43. The quantitative estimate of drug-likeness (QED) is 0.413. The van der Waals surface area contributed by atoms with Gasteiger partial charge < -0.3 is 9.30 Å². The lowest BCUT2D eigenvalue weighted by atomic mass is 10.0. The van der Waals surface area contributed by atoms with Gasteiger partial charge in [-0.15, -0.1) is 0 Å². The third-order valence-corrected chi connectivity index (χ3v) is 5.06. The number of imidazole rings is 1. The van der Waals surface area contributed by atoms with Gasteiger partial charge in [0, 0.05) is 13.0 Å². The molecule has 3 aromatic carbocycles. The Hall–Kier alpha value is -3.40. The van der Waals surface area contributed by atoms with Crippen molar-refractivity contribution in [1.29, 1.82) is 0 Å². The average molecular weight is 384 g/mol. The van der Waals surface area contributed by atoms with Gasteiger partial charge >= 0.3 is 5.97 Å². The van der Waals surface area contributed by atoms with Crippen molar-refractivity contribution in [1.82, 2.24) is 9.55 Å². The number of hydrogen-bond acceptors (Lipinski definition) is 3. The number of fused-ring (bicyclic) bond motifs is 1. The first-order valence-corrected chi connectivity index (χ1v) is 10.00. The topological polar surface area (TPSA) is 44.1 Å². The molecule has 4 aromatic rings. The van der Waals surface area contributed by atoms with Crippen LogP contribution in [-0.4, -0.2) is 22.1 Å². The minimum Gasteiger partial charge on any atom is -0.462 e. The van der Waals surface area contributed by atoms with Crippen LogP contribution in [0.15, 0.2) is 72.8 Å². The molecule has 0 aliphatic carbocycles. The van der Waals surface area contributed by atoms with E-state index in [4.69, 9.17) is 9.72 Å². The van der Waals surface area contributed by atoms with Crippen LogP contribution in [-0.2, 0) is 17.7 Å². The summed E-state index contributed by atoms with van der Waals surface area (Å²) in [4.78, 5) is 16.8. The molecule has 0 aliphatic heterocycles. The number of benzene rings is 3. The van der Waals surface area contributed by atoms with Crippen molar-refractivity contribution in [2.45, 2.75) is 26.8 Å². The summed E-state index contributed by atoms with van der Waals surface area (Å²) in [5.74, 6) is 0.701. The molecule has 0 amide bonds. The molecular weight excluding hydrogens is 360 g/mol. The highest BCUT2D eigenvalue weighted by atomic mass is 16.5. The van der Waals surface area contributed by atoms with Gasteiger partial charge in [0.05, 0.1) is 23.2 Å². The molecule has 1 aromatic heterocycles. The fourth-order valence-corrected chi connectivity index (χ4v) is 3.58. The van der Waals surface area contributed by atoms with Crippen molar-refractivity contribution in [3.8, 4) is 11.1 Å². The smallest absolute Gasteiger partial charge is 0.338 e. The maximum Gasteiger partial charge on any atom is 0.338 e. The summed E-state index contributed by atoms with van der Waals surface area (Å²) in [6, 6.07) is 24.6. The highest BCUT2D eigenvalue weighted by Crippen LogP contribution is 2.23. The molecule has 4 rings (SSSR count). The van der Waals surface area contributed by atoms with Crippen molar-refractivity contribution in [2.24, 2.45) is 0 Å². The third-order valence-electron chi connectivity index (χ3n) is 5.06. The van der Waals surface area contributed by atoms with Gasteiger partial charge in [-0.2, -0.15) is 0 Å². The Morgan fingerprint density at radius 1 is 0.931 bits per heavy atom. The maximum atomic E-state index is 12.0. The van der Waals surface area contributed by atoms with E-state index in [1.54, 1.807) is 0 Å². The van der Waals surface area contributed by atoms with Gasteiger partial charge in [-0.25, -0.2) is 9.78 Å². The molecule has 0 unspecified atom stereocenters. The molecule has 0 radical (unpaired) electrons. The van der Waals surface area contributed by atoms with E-state index < -0.39 is 0 Å². The number of aromatic nitrogens is 2. The van der Waals surface area contributed by atoms with Gasteiger partial charge in [0.15, 0.2) is 0 Å². The summed E-state index contributed by atoms with van der Waals surface area (Å²) in [5.41, 5.74) is 6.04. The van der Waals surface area contributed by atoms with Crippen molar-refractivity contribution >= 4 is 17.0 Å². The summed E-state index contributed by atoms with van der Waals surface area (Å²) in [6.07, 6.45) is 0.825. The van der Waals surface area contributed by atoms with Crippen LogP contribution < -0.4 is 0 Å². The van der Waals surface area contributed by atoms with Crippen LogP contribution >= 0.6 is 0 Å². The second-order valence-electron chi connectivity index (χ2n) is 6.95. The summed E-state index contributed by atoms with van der Waals surface area (Å²) >= 11 is 0. The van der Waals surface area contributed by atoms with Crippen LogP contribution in [0, 0.1) is 0 Å². The summed E-state index contributed by atoms with van der Waals surface area (Å²) in [5, 5.41) is 0. The number of esters is 1. The summed E-state index contributed by atoms with van der Waals surface area (Å²) in [7, 11) is 0. The fourth-order valence-electron chi connectivity index (χ4n) is 3.58. The Morgan fingerprint density at radius 2 is 1.66 bits per heavy atom. The number of nitrogens with zero attached hydrogens (tertiary/aromatic N) is 2. The molecule has 1 heterocycles. The Morgan fingerprint density at radius 3 is 2.34 bits per heavy atom. The van der Waals surface area contributed by atoms with Crippen molar-refractivity contribution in [3.05, 3.63) is 89.7 Å². The first kappa shape index (κ1) is 18.9. The van der Waals surface area contributed by atoms with E-state index >= 15 is 0 Å². The van der Waals surface area contributed by atoms with Crippen LogP contribution in [0.4, 0.5) is 0 Å². The molecule has 0 N–H and O–H groups in total. The van der Waals surface area contributed by atoms with E-state index in [1.807, 2.05) is 31.2 Å². The maximum absolute atomic E-state index is 12.0. The molecule has 0 bridgehead atoms. The molecule has 4 nitrogen and oxygen atoms in total. The van der Waals surface area contributed by atoms with Crippen LogP contribution in [0.3, 0.4) is 0 Å². The highest BCUT2D eigenvalue weighted by Gasteiger charge is 2.13. The molecule has 29 heavy (non-hydrogen) atoms. The molecule has 0 aliphatic rings. The molecule has 0 saturated heterocycles. The molecule has 4 heteroatoms. The lowest BCUT2D eigenvalue weighted by molar-refractivity contribution is 0.0526. The van der Waals surface area contributed by atoms with Crippen molar-refractivity contribution < 1.29 is 9.53 Å². The zero-order valence-electron chi connectivity index (χ0n) is 16.8. The average Bonchev–Trinajstić information content (AvgIpc) is 3.12. The zero-order valence-corrected chi connectivity index (χ0v) is 16.8. The molecule has 0 fully saturated rings. The zero-order chi connectivity index (χ0) is 20.2. The van der Waals surface area contributed by atoms with Crippen molar-refractivity contribution in [3.63, 3.8) is 0 Å². The van der Waals surface area contributed by atoms with Gasteiger partial charge in [-0.05, 0) is 41.8 Å². The predicted molar refractivity (Wildman–Crippen MR) is 116 cm³/mol. The van der Waals surface area contributed by atoms with Crippen LogP contribution in [0.2, 0.25) is 0 Å². The lowest BCUT2D eigenvalue weighted by Gasteiger charge is -2.10. The normalized spacial score (nSPS) is 11.0. The molecule has 0 saturated carbocycles. The first-order valence-electron chi connectivity index (χ1n) is 10.00. The Labute approximate surface area is 170 Å². The fraction of sp³-hybridized carbons (Fsp3) is 0.200.